The number of carbonyl (C=O) groups excluding carboxylic acids is 1. The standard InChI is InChI=1S/C20H25N3O2/c1-23(2)18-6-4-15(5-7-18)16-10-17(13-21-12-16)20(25)22-11-14-3-8-19(24)9-14/h4-7,10,12-14,19,24H,3,8-9,11H2,1-2H3,(H,22,25). The van der Waals surface area contributed by atoms with Crippen LogP contribution in [0.25, 0.3) is 11.1 Å². The largest absolute Gasteiger partial charge is 0.393 e. The second kappa shape index (κ2) is 7.66. The van der Waals surface area contributed by atoms with Crippen LogP contribution < -0.4 is 10.2 Å². The summed E-state index contributed by atoms with van der Waals surface area (Å²) in [7, 11) is 4.01. The number of aliphatic hydroxyl groups excluding tert-OH is 1. The normalized spacial score (nSPS) is 19.6. The van der Waals surface area contributed by atoms with Crippen LogP contribution in [0.3, 0.4) is 0 Å². The Kier molecular flexibility index (Phi) is 5.34. The van der Waals surface area contributed by atoms with Gasteiger partial charge in [0.15, 0.2) is 0 Å². The fourth-order valence-electron chi connectivity index (χ4n) is 3.25. The van der Waals surface area contributed by atoms with E-state index in [1.54, 1.807) is 12.4 Å². The number of aromatic nitrogens is 1. The lowest BCUT2D eigenvalue weighted by Crippen LogP contribution is -2.28. The van der Waals surface area contributed by atoms with Crippen LogP contribution in [0.1, 0.15) is 29.6 Å². The lowest BCUT2D eigenvalue weighted by atomic mass is 10.0. The van der Waals surface area contributed by atoms with Crippen LogP contribution in [0.2, 0.25) is 0 Å². The van der Waals surface area contributed by atoms with Gasteiger partial charge in [0.2, 0.25) is 0 Å². The van der Waals surface area contributed by atoms with E-state index >= 15 is 0 Å². The second-order valence-electron chi connectivity index (χ2n) is 6.95. The monoisotopic (exact) mass is 339 g/mol. The van der Waals surface area contributed by atoms with Crippen LogP contribution in [-0.2, 0) is 0 Å². The molecule has 1 aliphatic carbocycles. The van der Waals surface area contributed by atoms with Crippen molar-refractivity contribution in [2.45, 2.75) is 25.4 Å². The van der Waals surface area contributed by atoms with Crippen LogP contribution in [0.4, 0.5) is 5.69 Å². The minimum atomic E-state index is -0.211. The molecule has 0 saturated heterocycles. The summed E-state index contributed by atoms with van der Waals surface area (Å²) in [5, 5.41) is 12.5. The molecule has 0 aliphatic heterocycles. The van der Waals surface area contributed by atoms with E-state index in [2.05, 4.69) is 10.3 Å². The summed E-state index contributed by atoms with van der Waals surface area (Å²) >= 11 is 0. The molecule has 25 heavy (non-hydrogen) atoms. The zero-order valence-electron chi connectivity index (χ0n) is 14.8. The van der Waals surface area contributed by atoms with Crippen molar-refractivity contribution in [1.29, 1.82) is 0 Å². The predicted octanol–water partition coefficient (Wildman–Crippen LogP) is 2.71. The van der Waals surface area contributed by atoms with Gasteiger partial charge in [0.1, 0.15) is 0 Å². The smallest absolute Gasteiger partial charge is 0.252 e. The van der Waals surface area contributed by atoms with Gasteiger partial charge in [-0.1, -0.05) is 12.1 Å². The average molecular weight is 339 g/mol. The molecule has 1 fully saturated rings. The molecule has 5 nitrogen and oxygen atoms in total. The first-order valence-electron chi connectivity index (χ1n) is 8.72. The van der Waals surface area contributed by atoms with Gasteiger partial charge in [-0.15, -0.1) is 0 Å². The molecule has 2 unspecified atom stereocenters. The minimum Gasteiger partial charge on any atom is -0.393 e. The molecule has 0 bridgehead atoms. The summed E-state index contributed by atoms with van der Waals surface area (Å²) < 4.78 is 0. The highest BCUT2D eigenvalue weighted by atomic mass is 16.3. The summed E-state index contributed by atoms with van der Waals surface area (Å²) in [4.78, 5) is 18.7. The van der Waals surface area contributed by atoms with Crippen molar-refractivity contribution in [2.24, 2.45) is 5.92 Å². The van der Waals surface area contributed by atoms with Gasteiger partial charge < -0.3 is 15.3 Å². The fraction of sp³-hybridized carbons (Fsp3) is 0.400. The number of carbonyl (C=O) groups is 1. The summed E-state index contributed by atoms with van der Waals surface area (Å²) in [5.41, 5.74) is 3.65. The predicted molar refractivity (Wildman–Crippen MR) is 99.7 cm³/mol. The lowest BCUT2D eigenvalue weighted by Gasteiger charge is -2.13. The molecule has 0 radical (unpaired) electrons. The summed E-state index contributed by atoms with van der Waals surface area (Å²) in [5.74, 6) is 0.259. The molecular formula is C20H25N3O2. The molecule has 2 atom stereocenters. The van der Waals surface area contributed by atoms with Crippen molar-refractivity contribution in [3.8, 4) is 11.1 Å². The van der Waals surface area contributed by atoms with E-state index in [0.717, 1.165) is 36.1 Å². The van der Waals surface area contributed by atoms with E-state index in [4.69, 9.17) is 0 Å². The number of aliphatic hydroxyl groups is 1. The summed E-state index contributed by atoms with van der Waals surface area (Å²) in [6, 6.07) is 10.0. The number of amides is 1. The van der Waals surface area contributed by atoms with Gasteiger partial charge in [-0.2, -0.15) is 0 Å². The number of rotatable bonds is 5. The van der Waals surface area contributed by atoms with E-state index < -0.39 is 0 Å². The third kappa shape index (κ3) is 4.37. The van der Waals surface area contributed by atoms with Gasteiger partial charge in [-0.3, -0.25) is 9.78 Å². The quantitative estimate of drug-likeness (QED) is 0.879. The Balaban J connectivity index is 1.67. The van der Waals surface area contributed by atoms with Crippen molar-refractivity contribution in [3.63, 3.8) is 0 Å². The Labute approximate surface area is 148 Å². The number of hydrogen-bond acceptors (Lipinski definition) is 4. The number of pyridine rings is 1. The molecule has 3 rings (SSSR count). The maximum atomic E-state index is 12.4. The third-order valence-corrected chi connectivity index (χ3v) is 4.78. The molecule has 2 N–H and O–H groups in total. The highest BCUT2D eigenvalue weighted by molar-refractivity contribution is 5.95. The average Bonchev–Trinajstić information content (AvgIpc) is 3.05. The Morgan fingerprint density at radius 2 is 1.96 bits per heavy atom. The van der Waals surface area contributed by atoms with Gasteiger partial charge in [0.05, 0.1) is 11.7 Å². The highest BCUT2D eigenvalue weighted by Gasteiger charge is 2.23. The van der Waals surface area contributed by atoms with Crippen LogP contribution in [-0.4, -0.2) is 42.7 Å². The number of nitrogens with one attached hydrogen (secondary N) is 1. The highest BCUT2D eigenvalue weighted by Crippen LogP contribution is 2.25. The van der Waals surface area contributed by atoms with Crippen molar-refractivity contribution < 1.29 is 9.90 Å². The fourth-order valence-corrected chi connectivity index (χ4v) is 3.25. The summed E-state index contributed by atoms with van der Waals surface area (Å²) in [6.45, 7) is 0.609. The van der Waals surface area contributed by atoms with Gasteiger partial charge in [0.25, 0.3) is 5.91 Å². The molecule has 1 aromatic carbocycles. The topological polar surface area (TPSA) is 65.5 Å². The van der Waals surface area contributed by atoms with E-state index in [1.807, 2.05) is 49.3 Å². The van der Waals surface area contributed by atoms with Gasteiger partial charge in [-0.25, -0.2) is 0 Å². The maximum Gasteiger partial charge on any atom is 0.252 e. The molecule has 0 spiro atoms. The Bertz CT molecular complexity index is 728. The first-order valence-corrected chi connectivity index (χ1v) is 8.72. The molecule has 2 aromatic rings. The number of benzene rings is 1. The third-order valence-electron chi connectivity index (χ3n) is 4.78. The molecule has 5 heteroatoms. The van der Waals surface area contributed by atoms with Crippen molar-refractivity contribution >= 4 is 11.6 Å². The zero-order chi connectivity index (χ0) is 17.8. The van der Waals surface area contributed by atoms with E-state index in [0.29, 0.717) is 18.0 Å². The first-order chi connectivity index (χ1) is 12.0. The van der Waals surface area contributed by atoms with Gasteiger partial charge >= 0.3 is 0 Å². The van der Waals surface area contributed by atoms with Gasteiger partial charge in [0, 0.05) is 44.3 Å². The second-order valence-corrected chi connectivity index (χ2v) is 6.95. The molecule has 1 saturated carbocycles. The molecule has 132 valence electrons. The van der Waals surface area contributed by atoms with E-state index in [-0.39, 0.29) is 12.0 Å². The van der Waals surface area contributed by atoms with E-state index in [1.165, 1.54) is 0 Å². The molecule has 1 aliphatic rings. The Hall–Kier alpha value is -2.40. The Morgan fingerprint density at radius 3 is 2.60 bits per heavy atom. The minimum absolute atomic E-state index is 0.111. The van der Waals surface area contributed by atoms with Gasteiger partial charge in [-0.05, 0) is 48.9 Å². The van der Waals surface area contributed by atoms with Crippen LogP contribution >= 0.6 is 0 Å². The van der Waals surface area contributed by atoms with Crippen LogP contribution in [0.15, 0.2) is 42.7 Å². The van der Waals surface area contributed by atoms with E-state index in [9.17, 15) is 9.90 Å². The van der Waals surface area contributed by atoms with Crippen molar-refractivity contribution in [3.05, 3.63) is 48.3 Å². The van der Waals surface area contributed by atoms with Crippen molar-refractivity contribution in [2.75, 3.05) is 25.5 Å². The maximum absolute atomic E-state index is 12.4. The van der Waals surface area contributed by atoms with Crippen LogP contribution in [0.5, 0.6) is 0 Å². The van der Waals surface area contributed by atoms with Crippen molar-refractivity contribution in [1.82, 2.24) is 10.3 Å². The molecule has 1 heterocycles. The SMILES string of the molecule is CN(C)c1ccc(-c2cncc(C(=O)NCC3CCC(O)C3)c2)cc1. The molecule has 1 amide bonds. The number of hydrogen-bond donors (Lipinski definition) is 2. The summed E-state index contributed by atoms with van der Waals surface area (Å²) in [6.07, 6.45) is 5.73. The first kappa shape index (κ1) is 17.4. The van der Waals surface area contributed by atoms with Crippen LogP contribution in [0, 0.1) is 5.92 Å². The Morgan fingerprint density at radius 1 is 1.20 bits per heavy atom. The number of nitrogens with zero attached hydrogens (tertiary/aromatic N) is 2. The molecular weight excluding hydrogens is 314 g/mol. The number of anilines is 1. The molecule has 1 aromatic heterocycles. The zero-order valence-corrected chi connectivity index (χ0v) is 14.8. The lowest BCUT2D eigenvalue weighted by molar-refractivity contribution is 0.0944.